The molecule has 0 spiro atoms. The summed E-state index contributed by atoms with van der Waals surface area (Å²) in [6.45, 7) is 3.07. The number of carboxylic acid groups (broad SMARTS) is 1. The minimum atomic E-state index is -0.744. The van der Waals surface area contributed by atoms with Crippen molar-refractivity contribution in [1.82, 2.24) is 35.3 Å². The van der Waals surface area contributed by atoms with E-state index >= 15 is 0 Å². The first-order valence-corrected chi connectivity index (χ1v) is 17.3. The Morgan fingerprint density at radius 2 is 1.90 bits per heavy atom. The molecule has 50 heavy (non-hydrogen) atoms. The number of pyridine rings is 2. The van der Waals surface area contributed by atoms with Gasteiger partial charge in [-0.1, -0.05) is 59.6 Å². The summed E-state index contributed by atoms with van der Waals surface area (Å²) in [5.41, 5.74) is 7.08. The second kappa shape index (κ2) is 14.4. The van der Waals surface area contributed by atoms with Crippen LogP contribution in [0.3, 0.4) is 0 Å². The topological polar surface area (TPSA) is 134 Å². The number of amides is 1. The number of hydrogen-bond acceptors (Lipinski definition) is 8. The molecule has 7 rings (SSSR count). The van der Waals surface area contributed by atoms with Gasteiger partial charge in [0, 0.05) is 85.1 Å². The highest BCUT2D eigenvalue weighted by atomic mass is 35.5. The number of methoxy groups -OCH3 is 1. The highest BCUT2D eigenvalue weighted by molar-refractivity contribution is 6.39. The van der Waals surface area contributed by atoms with Gasteiger partial charge in [-0.05, 0) is 37.6 Å². The maximum atomic E-state index is 11.5. The molecule has 2 atom stereocenters. The molecule has 5 aromatic rings. The molecular weight excluding hydrogens is 677 g/mol. The van der Waals surface area contributed by atoms with Gasteiger partial charge in [-0.25, -0.2) is 4.98 Å². The van der Waals surface area contributed by atoms with Crippen molar-refractivity contribution in [3.63, 3.8) is 0 Å². The van der Waals surface area contributed by atoms with Gasteiger partial charge in [-0.15, -0.1) is 0 Å². The molecule has 3 N–H and O–H groups in total. The third-order valence-corrected chi connectivity index (χ3v) is 10.4. The predicted octanol–water partition coefficient (Wildman–Crippen LogP) is 5.95. The Morgan fingerprint density at radius 1 is 1.08 bits per heavy atom. The third-order valence-electron chi connectivity index (χ3n) is 9.57. The van der Waals surface area contributed by atoms with E-state index in [1.807, 2.05) is 66.3 Å². The number of ether oxygens (including phenoxy) is 1. The second-order valence-electron chi connectivity index (χ2n) is 12.8. The second-order valence-corrected chi connectivity index (χ2v) is 13.6. The lowest BCUT2D eigenvalue weighted by Crippen LogP contribution is -2.35. The van der Waals surface area contributed by atoms with E-state index in [0.717, 1.165) is 57.4 Å². The van der Waals surface area contributed by atoms with Crippen LogP contribution in [0.25, 0.3) is 44.5 Å². The number of hydrogen-bond donors (Lipinski definition) is 3. The number of nitrogens with one attached hydrogen (secondary N) is 2. The monoisotopic (exact) mass is 713 g/mol. The van der Waals surface area contributed by atoms with E-state index in [4.69, 9.17) is 38.0 Å². The van der Waals surface area contributed by atoms with Gasteiger partial charge in [-0.2, -0.15) is 5.10 Å². The number of aromatic nitrogens is 4. The van der Waals surface area contributed by atoms with Gasteiger partial charge in [0.25, 0.3) is 0 Å². The number of aryl methyl sites for hydroxylation is 1. The third kappa shape index (κ3) is 6.78. The number of aliphatic carboxylic acids is 1. The average Bonchev–Trinajstić information content (AvgIpc) is 3.84. The van der Waals surface area contributed by atoms with Crippen molar-refractivity contribution in [3.05, 3.63) is 82.1 Å². The van der Waals surface area contributed by atoms with Crippen LogP contribution in [0.2, 0.25) is 10.0 Å². The number of benzene rings is 2. The molecular formula is C37H37Cl2N7O4. The van der Waals surface area contributed by atoms with Crippen molar-refractivity contribution in [3.8, 4) is 39.5 Å². The van der Waals surface area contributed by atoms with Gasteiger partial charge in [0.15, 0.2) is 0 Å². The van der Waals surface area contributed by atoms with Crippen LogP contribution in [0.15, 0.2) is 60.8 Å². The fourth-order valence-corrected chi connectivity index (χ4v) is 7.57. The Balaban J connectivity index is 1.13. The fourth-order valence-electron chi connectivity index (χ4n) is 6.92. The van der Waals surface area contributed by atoms with Crippen LogP contribution in [-0.4, -0.2) is 74.4 Å². The van der Waals surface area contributed by atoms with E-state index in [2.05, 4.69) is 20.5 Å². The summed E-state index contributed by atoms with van der Waals surface area (Å²) in [5, 5.41) is 22.5. The lowest BCUT2D eigenvalue weighted by Gasteiger charge is -2.15. The molecule has 1 amide bonds. The van der Waals surface area contributed by atoms with Gasteiger partial charge in [0.05, 0.1) is 45.7 Å². The van der Waals surface area contributed by atoms with Crippen molar-refractivity contribution < 1.29 is 19.4 Å². The van der Waals surface area contributed by atoms with Crippen LogP contribution in [-0.2, 0) is 29.7 Å². The van der Waals surface area contributed by atoms with Crippen LogP contribution >= 0.6 is 23.2 Å². The van der Waals surface area contributed by atoms with Crippen molar-refractivity contribution in [2.45, 2.75) is 38.4 Å². The lowest BCUT2D eigenvalue weighted by molar-refractivity contribution is -0.141. The molecule has 3 aromatic heterocycles. The van der Waals surface area contributed by atoms with E-state index in [1.165, 1.54) is 0 Å². The van der Waals surface area contributed by atoms with Gasteiger partial charge >= 0.3 is 5.97 Å². The standard InChI is InChI=1S/C37H37Cl2N7O4/c1-45-31-16-21(6-9-27(31)30(44-45)20-46-15-13-23(19-46)37(48)49)35-34(39)26(12-14-41-35)25-4-3-5-28(33(25)38)29-10-7-22(36(43-29)50-2)17-40-18-24-8-11-32(47)42-24/h3-7,9-10,12,14,16,23-24,40H,8,11,13,15,17-20H2,1-2H3,(H,42,47)(H,48,49). The molecule has 2 aliphatic heterocycles. The first-order valence-electron chi connectivity index (χ1n) is 16.6. The van der Waals surface area contributed by atoms with Gasteiger partial charge < -0.3 is 20.5 Å². The number of carbonyl (C=O) groups excluding carboxylic acids is 1. The maximum Gasteiger partial charge on any atom is 0.307 e. The zero-order valence-corrected chi connectivity index (χ0v) is 29.3. The van der Waals surface area contributed by atoms with E-state index < -0.39 is 5.97 Å². The summed E-state index contributed by atoms with van der Waals surface area (Å²) >= 11 is 14.2. The summed E-state index contributed by atoms with van der Waals surface area (Å²) < 4.78 is 7.49. The molecule has 2 aliphatic rings. The van der Waals surface area contributed by atoms with Crippen molar-refractivity contribution in [2.75, 3.05) is 26.7 Å². The van der Waals surface area contributed by atoms with Crippen LogP contribution in [0.1, 0.15) is 30.5 Å². The van der Waals surface area contributed by atoms with Gasteiger partial charge in [0.1, 0.15) is 0 Å². The summed E-state index contributed by atoms with van der Waals surface area (Å²) in [6, 6.07) is 17.7. The van der Waals surface area contributed by atoms with Crippen LogP contribution in [0, 0.1) is 5.92 Å². The summed E-state index contributed by atoms with van der Waals surface area (Å²) in [7, 11) is 3.50. The van der Waals surface area contributed by atoms with Gasteiger partial charge in [-0.3, -0.25) is 24.2 Å². The highest BCUT2D eigenvalue weighted by Crippen LogP contribution is 2.42. The first kappa shape index (κ1) is 33.9. The average molecular weight is 715 g/mol. The Morgan fingerprint density at radius 3 is 2.66 bits per heavy atom. The normalized spacial score (nSPS) is 17.8. The Bertz CT molecular complexity index is 2100. The SMILES string of the molecule is COc1nc(-c2cccc(-c3ccnc(-c4ccc5c(CN6CCC(C(=O)O)C6)nn(C)c5c4)c3Cl)c2Cl)ccc1CNCC1CCC(=O)N1. The zero-order valence-electron chi connectivity index (χ0n) is 27.7. The smallest absolute Gasteiger partial charge is 0.307 e. The van der Waals surface area contributed by atoms with Crippen molar-refractivity contribution in [1.29, 1.82) is 0 Å². The van der Waals surface area contributed by atoms with Crippen LogP contribution < -0.4 is 15.4 Å². The maximum absolute atomic E-state index is 11.5. The Labute approximate surface area is 299 Å². The zero-order chi connectivity index (χ0) is 34.9. The molecule has 2 fully saturated rings. The summed E-state index contributed by atoms with van der Waals surface area (Å²) in [5.74, 6) is -0.489. The van der Waals surface area contributed by atoms with Crippen LogP contribution in [0.5, 0.6) is 5.88 Å². The number of rotatable bonds is 11. The molecule has 2 unspecified atom stereocenters. The molecule has 5 heterocycles. The molecule has 11 nitrogen and oxygen atoms in total. The molecule has 0 aliphatic carbocycles. The summed E-state index contributed by atoms with van der Waals surface area (Å²) in [4.78, 5) is 34.6. The number of fused-ring (bicyclic) bond motifs is 1. The molecule has 0 bridgehead atoms. The molecule has 13 heteroatoms. The van der Waals surface area contributed by atoms with E-state index in [0.29, 0.717) is 66.3 Å². The minimum absolute atomic E-state index is 0.0950. The summed E-state index contributed by atoms with van der Waals surface area (Å²) in [6.07, 6.45) is 3.77. The largest absolute Gasteiger partial charge is 0.481 e. The molecule has 0 radical (unpaired) electrons. The fraction of sp³-hybridized carbons (Fsp3) is 0.324. The predicted molar refractivity (Wildman–Crippen MR) is 193 cm³/mol. The number of nitrogens with zero attached hydrogens (tertiary/aromatic N) is 5. The first-order chi connectivity index (χ1) is 24.2. The lowest BCUT2D eigenvalue weighted by atomic mass is 9.99. The number of likely N-dealkylation sites (tertiary alicyclic amines) is 1. The Kier molecular flexibility index (Phi) is 9.74. The number of carbonyl (C=O) groups is 2. The van der Waals surface area contributed by atoms with E-state index in [1.54, 1.807) is 13.3 Å². The molecule has 2 saturated heterocycles. The van der Waals surface area contributed by atoms with E-state index in [-0.39, 0.29) is 17.9 Å². The minimum Gasteiger partial charge on any atom is -0.481 e. The van der Waals surface area contributed by atoms with E-state index in [9.17, 15) is 14.7 Å². The van der Waals surface area contributed by atoms with Gasteiger partial charge in [0.2, 0.25) is 11.8 Å². The van der Waals surface area contributed by atoms with Crippen molar-refractivity contribution in [2.24, 2.45) is 13.0 Å². The van der Waals surface area contributed by atoms with Crippen LogP contribution in [0.4, 0.5) is 0 Å². The molecule has 0 saturated carbocycles. The number of carboxylic acids is 1. The molecule has 258 valence electrons. The molecule has 2 aromatic carbocycles. The van der Waals surface area contributed by atoms with Crippen molar-refractivity contribution >= 4 is 46.0 Å². The Hall–Kier alpha value is -4.55. The number of halogens is 2. The quantitative estimate of drug-likeness (QED) is 0.152. The highest BCUT2D eigenvalue weighted by Gasteiger charge is 2.29.